The van der Waals surface area contributed by atoms with Gasteiger partial charge in [-0.2, -0.15) is 59.7 Å². The molecule has 0 atom stereocenters. The number of amides is 2. The number of esters is 1. The molecule has 0 saturated carbocycles. The number of fused-ring (bicyclic) bond motifs is 2. The van der Waals surface area contributed by atoms with Crippen molar-refractivity contribution in [3.05, 3.63) is 139 Å². The molecule has 2 amide bonds. The number of carbonyl (C=O) groups is 5. The van der Waals surface area contributed by atoms with Gasteiger partial charge in [0.05, 0.1) is 76.5 Å². The Kier molecular flexibility index (Phi) is 20.3. The Bertz CT molecular complexity index is 3590. The first-order valence-electron chi connectivity index (χ1n) is 25.4. The van der Waals surface area contributed by atoms with Crippen LogP contribution in [0.25, 0.3) is 34.0 Å². The fourth-order valence-corrected chi connectivity index (χ4v) is 11.1. The number of carboxylic acid groups (broad SMARTS) is 1. The Morgan fingerprint density at radius 2 is 1.21 bits per heavy atom. The second-order valence-corrected chi connectivity index (χ2v) is 21.3. The van der Waals surface area contributed by atoms with Crippen LogP contribution in [0.5, 0.6) is 0 Å². The van der Waals surface area contributed by atoms with Crippen molar-refractivity contribution in [1.29, 1.82) is 0 Å². The summed E-state index contributed by atoms with van der Waals surface area (Å²) in [6.45, 7) is 8.03. The molecule has 2 fully saturated rings. The summed E-state index contributed by atoms with van der Waals surface area (Å²) in [6.07, 6.45) is -7.34. The minimum Gasteiger partial charge on any atom is -0.480 e. The van der Waals surface area contributed by atoms with Crippen molar-refractivity contribution in [2.45, 2.75) is 76.3 Å². The number of likely N-dealkylation sites (tertiary alicyclic amines) is 2. The second kappa shape index (κ2) is 26.6. The summed E-state index contributed by atoms with van der Waals surface area (Å²) in [7, 11) is 1.33. The Morgan fingerprint density at radius 3 is 1.68 bits per heavy atom. The van der Waals surface area contributed by atoms with Gasteiger partial charge in [-0.3, -0.25) is 28.5 Å². The smallest absolute Gasteiger partial charge is 0.416 e. The molecule has 4 aliphatic rings. The van der Waals surface area contributed by atoms with Gasteiger partial charge in [-0.1, -0.05) is 49.7 Å². The molecule has 0 unspecified atom stereocenters. The van der Waals surface area contributed by atoms with Gasteiger partial charge >= 0.3 is 30.5 Å². The van der Waals surface area contributed by atoms with Crippen LogP contribution in [0.4, 0.5) is 39.5 Å². The van der Waals surface area contributed by atoms with Crippen molar-refractivity contribution in [1.82, 2.24) is 34.7 Å². The molecule has 17 nitrogen and oxygen atoms in total. The van der Waals surface area contributed by atoms with Crippen molar-refractivity contribution in [2.75, 3.05) is 39.8 Å². The number of aliphatic carboxylic acids is 1. The number of methoxy groups -OCH3 is 1. The summed E-state index contributed by atoms with van der Waals surface area (Å²) >= 11 is 8.22. The van der Waals surface area contributed by atoms with Crippen LogP contribution in [-0.4, -0.2) is 127 Å². The summed E-state index contributed by atoms with van der Waals surface area (Å²) < 4.78 is 128. The molecule has 84 heavy (non-hydrogen) atoms. The number of nitrogens with one attached hydrogen (secondary N) is 1. The quantitative estimate of drug-likeness (QED) is 0.0624. The summed E-state index contributed by atoms with van der Waals surface area (Å²) in [4.78, 5) is 68.5. The Morgan fingerprint density at radius 1 is 0.738 bits per heavy atom. The van der Waals surface area contributed by atoms with Gasteiger partial charge in [0.15, 0.2) is 10.3 Å². The standard InChI is InChI=1S/C27H23F6N5O3S.C25H21ClF3N5O3S.C2H6.CH2O/c1-41-23(39)6-7-34-19-13-37(14-19)25-36-24(40)22(42-25)9-15-2-5-21-17(8-15)11-35-38(21)12-16-3-4-18(26(28,29)30)10-20(16)27(31,32)33;26-17-3-2-15(18(11-17)25(27,28)29)13-34-19-4-1-14(9-16(19)12-31-34)10-20-21(35)32-23(38-20)33-7-5-24(30,6-8-33)22(36)37;2*1-2/h2-5,8-11,19,34H,6-7,12-14H2,1H3;1-4,9-12H,5-8,13,30H2,(H,36,37);1-2H3;1H2/b22-9-;20-10-;;. The number of rotatable bonds is 11. The number of alkyl halides is 9. The lowest BCUT2D eigenvalue weighted by Gasteiger charge is -2.40. The van der Waals surface area contributed by atoms with Crippen LogP contribution in [0.2, 0.25) is 5.02 Å². The SMILES string of the molecule is C=O.CC.COC(=O)CCNC1CN(C2=NC(=O)/C(=C/c3ccc4c(cnn4Cc4ccc(C(F)(F)F)cc4C(F)(F)F)c3)S2)C1.NC1(C(=O)O)CCN(C2=NC(=O)/C(=C/c3ccc4c(cnn4Cc4ccc(Cl)cc4C(F)(F)F)c3)S2)CC1. The zero-order valence-electron chi connectivity index (χ0n) is 44.7. The molecule has 4 aromatic carbocycles. The fraction of sp³-hybridized carbons (Fsp3) is 0.327. The number of piperidine rings is 1. The van der Waals surface area contributed by atoms with Gasteiger partial charge in [0.25, 0.3) is 11.8 Å². The molecule has 0 bridgehead atoms. The number of carboxylic acids is 1. The maximum absolute atomic E-state index is 13.6. The summed E-state index contributed by atoms with van der Waals surface area (Å²) in [6, 6.07) is 15.7. The van der Waals surface area contributed by atoms with Crippen LogP contribution >= 0.6 is 35.1 Å². The number of thioether (sulfide) groups is 2. The van der Waals surface area contributed by atoms with Gasteiger partial charge in [-0.25, -0.2) is 0 Å². The molecule has 10 rings (SSSR count). The number of ether oxygens (including phenoxy) is 1. The van der Waals surface area contributed by atoms with E-state index in [-0.39, 0.29) is 60.0 Å². The van der Waals surface area contributed by atoms with Crippen LogP contribution in [-0.2, 0) is 60.3 Å². The number of aromatic nitrogens is 4. The normalized spacial score (nSPS) is 17.3. The number of nitrogens with zero attached hydrogens (tertiary/aromatic N) is 8. The third-order valence-electron chi connectivity index (χ3n) is 13.4. The minimum atomic E-state index is -4.98. The van der Waals surface area contributed by atoms with Crippen molar-refractivity contribution in [3.8, 4) is 0 Å². The Labute approximate surface area is 486 Å². The zero-order chi connectivity index (χ0) is 61.5. The highest BCUT2D eigenvalue weighted by Crippen LogP contribution is 2.40. The summed E-state index contributed by atoms with van der Waals surface area (Å²) in [5.41, 5.74) is 3.24. The number of amidine groups is 2. The van der Waals surface area contributed by atoms with Crippen molar-refractivity contribution in [2.24, 2.45) is 15.7 Å². The van der Waals surface area contributed by atoms with Gasteiger partial charge in [0, 0.05) is 54.6 Å². The third kappa shape index (κ3) is 15.2. The van der Waals surface area contributed by atoms with Crippen molar-refractivity contribution >= 4 is 110 Å². The Balaban J connectivity index is 0.000000229. The molecule has 0 spiro atoms. The molecular weight excluding hydrogens is 1180 g/mol. The number of carbonyl (C=O) groups excluding carboxylic acids is 4. The van der Waals surface area contributed by atoms with Crippen molar-refractivity contribution < 1.29 is 73.3 Å². The van der Waals surface area contributed by atoms with E-state index in [1.54, 1.807) is 54.7 Å². The largest absolute Gasteiger partial charge is 0.480 e. The summed E-state index contributed by atoms with van der Waals surface area (Å²) in [5, 5.41) is 23.3. The van der Waals surface area contributed by atoms with Crippen LogP contribution in [0.1, 0.15) is 72.1 Å². The van der Waals surface area contributed by atoms with Crippen LogP contribution < -0.4 is 11.1 Å². The predicted molar refractivity (Wildman–Crippen MR) is 300 cm³/mol. The van der Waals surface area contributed by atoms with Crippen molar-refractivity contribution in [3.63, 3.8) is 0 Å². The number of aliphatic imine (C=N–C) groups is 2. The Hall–Kier alpha value is -7.53. The van der Waals surface area contributed by atoms with Crippen LogP contribution in [0.3, 0.4) is 0 Å². The maximum Gasteiger partial charge on any atom is 0.416 e. The molecular formula is C55H52ClF9N10O7S2. The topological polar surface area (TPSA) is 220 Å². The highest BCUT2D eigenvalue weighted by Gasteiger charge is 2.41. The second-order valence-electron chi connectivity index (χ2n) is 18.9. The number of hydrogen-bond acceptors (Lipinski definition) is 14. The molecule has 29 heteroatoms. The number of nitrogens with two attached hydrogens (primary N) is 1. The minimum absolute atomic E-state index is 0.00332. The first kappa shape index (κ1) is 64.0. The molecule has 6 aromatic rings. The lowest BCUT2D eigenvalue weighted by Crippen LogP contribution is -2.59. The van der Waals surface area contributed by atoms with Crippen LogP contribution in [0.15, 0.2) is 105 Å². The number of benzene rings is 4. The monoisotopic (exact) mass is 1230 g/mol. The molecule has 0 aliphatic carbocycles. The highest BCUT2D eigenvalue weighted by molar-refractivity contribution is 8.18. The zero-order valence-corrected chi connectivity index (χ0v) is 47.1. The summed E-state index contributed by atoms with van der Waals surface area (Å²) in [5.74, 6) is -2.13. The third-order valence-corrected chi connectivity index (χ3v) is 15.7. The van der Waals surface area contributed by atoms with Gasteiger partial charge in [0.2, 0.25) is 0 Å². The van der Waals surface area contributed by atoms with E-state index >= 15 is 0 Å². The van der Waals surface area contributed by atoms with Gasteiger partial charge < -0.3 is 35.5 Å². The maximum atomic E-state index is 13.6. The molecule has 446 valence electrons. The molecule has 6 heterocycles. The highest BCUT2D eigenvalue weighted by atomic mass is 35.5. The van der Waals surface area contributed by atoms with Gasteiger partial charge in [-0.05, 0) is 119 Å². The van der Waals surface area contributed by atoms with E-state index in [0.29, 0.717) is 91.9 Å². The van der Waals surface area contributed by atoms with E-state index in [4.69, 9.17) is 22.1 Å². The molecule has 0 radical (unpaired) electrons. The van der Waals surface area contributed by atoms with Gasteiger partial charge in [-0.15, -0.1) is 0 Å². The van der Waals surface area contributed by atoms with E-state index < -0.39 is 65.1 Å². The lowest BCUT2D eigenvalue weighted by atomic mass is 9.89. The van der Waals surface area contributed by atoms with E-state index in [2.05, 4.69) is 30.2 Å². The molecule has 2 saturated heterocycles. The van der Waals surface area contributed by atoms with E-state index in [0.717, 1.165) is 12.1 Å². The first-order chi connectivity index (χ1) is 39.7. The van der Waals surface area contributed by atoms with E-state index in [1.165, 1.54) is 58.3 Å². The number of halogens is 10. The van der Waals surface area contributed by atoms with Gasteiger partial charge in [0.1, 0.15) is 12.3 Å². The average molecular weight is 1240 g/mol. The predicted octanol–water partition coefficient (Wildman–Crippen LogP) is 10.4. The molecule has 4 N–H and O–H groups in total. The lowest BCUT2D eigenvalue weighted by molar-refractivity contribution is -0.145. The molecule has 4 aliphatic heterocycles. The van der Waals surface area contributed by atoms with E-state index in [1.807, 2.05) is 30.4 Å². The van der Waals surface area contributed by atoms with E-state index in [9.17, 15) is 63.8 Å². The first-order valence-corrected chi connectivity index (χ1v) is 27.5. The molecule has 2 aromatic heterocycles. The average Bonchev–Trinajstić information content (AvgIpc) is 2.93. The fourth-order valence-electron chi connectivity index (χ4n) is 8.99. The number of hydrogen-bond donors (Lipinski definition) is 3. The van der Waals surface area contributed by atoms with Crippen LogP contribution in [0, 0.1) is 0 Å².